The summed E-state index contributed by atoms with van der Waals surface area (Å²) in [4.78, 5) is 19.3. The van der Waals surface area contributed by atoms with Crippen molar-refractivity contribution in [3.05, 3.63) is 29.3 Å². The Morgan fingerprint density at radius 3 is 2.81 bits per heavy atom. The highest BCUT2D eigenvalue weighted by atomic mass is 32.2. The first kappa shape index (κ1) is 27.3. The average molecular weight is 525 g/mol. The Hall–Kier alpha value is -2.75. The van der Waals surface area contributed by atoms with Gasteiger partial charge in [0.2, 0.25) is 6.19 Å². The lowest BCUT2D eigenvalue weighted by molar-refractivity contribution is -0.177. The summed E-state index contributed by atoms with van der Waals surface area (Å²) in [6.45, 7) is 10.9. The second-order valence-electron chi connectivity index (χ2n) is 11.1. The van der Waals surface area contributed by atoms with Gasteiger partial charge >= 0.3 is 5.97 Å². The van der Waals surface area contributed by atoms with Crippen LogP contribution in [-0.4, -0.2) is 52.8 Å². The number of benzene rings is 1. The van der Waals surface area contributed by atoms with Gasteiger partial charge in [-0.1, -0.05) is 39.0 Å². The Labute approximate surface area is 224 Å². The zero-order valence-electron chi connectivity index (χ0n) is 22.3. The minimum Gasteiger partial charge on any atom is -0.484 e. The first-order valence-electron chi connectivity index (χ1n) is 13.0. The van der Waals surface area contributed by atoms with Gasteiger partial charge in [0.1, 0.15) is 24.0 Å². The van der Waals surface area contributed by atoms with Crippen LogP contribution in [0.1, 0.15) is 71.0 Å². The molecule has 8 nitrogen and oxygen atoms in total. The summed E-state index contributed by atoms with van der Waals surface area (Å²) < 4.78 is 18.6. The van der Waals surface area contributed by atoms with Crippen molar-refractivity contribution in [2.75, 3.05) is 18.9 Å². The van der Waals surface area contributed by atoms with Crippen LogP contribution in [-0.2, 0) is 14.3 Å². The molecule has 9 heteroatoms. The Kier molecular flexibility index (Phi) is 8.36. The first-order chi connectivity index (χ1) is 17.6. The van der Waals surface area contributed by atoms with E-state index in [0.717, 1.165) is 24.2 Å². The number of esters is 1. The highest BCUT2D eigenvalue weighted by molar-refractivity contribution is 8.14. The van der Waals surface area contributed by atoms with E-state index in [0.29, 0.717) is 40.8 Å². The fourth-order valence-electron chi connectivity index (χ4n) is 5.83. The van der Waals surface area contributed by atoms with Gasteiger partial charge < -0.3 is 19.1 Å². The molecule has 5 atom stereocenters. The van der Waals surface area contributed by atoms with Gasteiger partial charge in [0, 0.05) is 17.9 Å². The van der Waals surface area contributed by atoms with Crippen molar-refractivity contribution >= 4 is 22.9 Å². The molecule has 198 valence electrons. The number of aliphatic imine (C=N–C) groups is 1. The SMILES string of the molecule is CC1CCC(C(C)C)C(OCC(=O)O[C@H]2[C@H](N3CCSC3=NC#N)c3cc(C#N)ccc3OC2(C)C)C1. The van der Waals surface area contributed by atoms with E-state index in [-0.39, 0.29) is 12.7 Å². The van der Waals surface area contributed by atoms with Gasteiger partial charge in [0.25, 0.3) is 0 Å². The van der Waals surface area contributed by atoms with Gasteiger partial charge in [0.15, 0.2) is 11.3 Å². The molecule has 3 unspecified atom stereocenters. The number of ether oxygens (including phenoxy) is 3. The molecule has 1 saturated heterocycles. The molecular formula is C28H36N4O4S. The summed E-state index contributed by atoms with van der Waals surface area (Å²) >= 11 is 1.49. The van der Waals surface area contributed by atoms with Crippen LogP contribution in [0.2, 0.25) is 0 Å². The van der Waals surface area contributed by atoms with Gasteiger partial charge in [-0.25, -0.2) is 4.79 Å². The maximum absolute atomic E-state index is 13.2. The molecule has 0 radical (unpaired) electrons. The van der Waals surface area contributed by atoms with Gasteiger partial charge in [0.05, 0.1) is 17.7 Å². The fourth-order valence-corrected chi connectivity index (χ4v) is 6.78. The maximum atomic E-state index is 13.2. The van der Waals surface area contributed by atoms with E-state index >= 15 is 0 Å². The molecule has 1 aromatic carbocycles. The highest BCUT2D eigenvalue weighted by Crippen LogP contribution is 2.46. The monoisotopic (exact) mass is 524 g/mol. The molecule has 0 aromatic heterocycles. The molecule has 1 saturated carbocycles. The standard InChI is InChI=1S/C28H36N4O4S/c1-17(2)20-8-6-18(3)12-23(20)34-15-24(33)35-26-25(32-10-11-37-27(32)31-16-30)21-13-19(14-29)7-9-22(21)36-28(26,4)5/h7,9,13,17-18,20,23,25-26H,6,8,10-12,15H2,1-5H3/t18?,20?,23?,25-,26+/m1/s1. The second kappa shape index (κ2) is 11.3. The van der Waals surface area contributed by atoms with Crippen LogP contribution in [0.15, 0.2) is 23.2 Å². The second-order valence-corrected chi connectivity index (χ2v) is 12.2. The summed E-state index contributed by atoms with van der Waals surface area (Å²) in [5.41, 5.74) is 0.357. The van der Waals surface area contributed by atoms with E-state index < -0.39 is 23.7 Å². The summed E-state index contributed by atoms with van der Waals surface area (Å²) in [6.07, 6.45) is 4.45. The lowest BCUT2D eigenvalue weighted by atomic mass is 9.75. The molecule has 0 N–H and O–H groups in total. The van der Waals surface area contributed by atoms with Gasteiger partial charge in [-0.05, 0) is 62.6 Å². The molecule has 1 aromatic rings. The Bertz CT molecular complexity index is 1120. The summed E-state index contributed by atoms with van der Waals surface area (Å²) in [6, 6.07) is 6.99. The van der Waals surface area contributed by atoms with Crippen molar-refractivity contribution in [2.45, 2.75) is 77.7 Å². The van der Waals surface area contributed by atoms with Gasteiger partial charge in [-0.3, -0.25) is 0 Å². The highest BCUT2D eigenvalue weighted by Gasteiger charge is 2.50. The molecule has 37 heavy (non-hydrogen) atoms. The van der Waals surface area contributed by atoms with E-state index in [9.17, 15) is 15.3 Å². The van der Waals surface area contributed by atoms with Crippen molar-refractivity contribution < 1.29 is 19.0 Å². The van der Waals surface area contributed by atoms with Crippen LogP contribution in [0.5, 0.6) is 5.75 Å². The minimum absolute atomic E-state index is 0.0333. The van der Waals surface area contributed by atoms with Crippen LogP contribution in [0.25, 0.3) is 0 Å². The predicted octanol–water partition coefficient (Wildman–Crippen LogP) is 5.05. The molecule has 2 aliphatic heterocycles. The lowest BCUT2D eigenvalue weighted by Gasteiger charge is -2.47. The van der Waals surface area contributed by atoms with Crippen LogP contribution < -0.4 is 4.74 Å². The van der Waals surface area contributed by atoms with Crippen LogP contribution >= 0.6 is 11.8 Å². The zero-order valence-corrected chi connectivity index (χ0v) is 23.1. The summed E-state index contributed by atoms with van der Waals surface area (Å²) in [7, 11) is 0. The normalized spacial score (nSPS) is 29.8. The Morgan fingerprint density at radius 2 is 2.11 bits per heavy atom. The van der Waals surface area contributed by atoms with E-state index in [1.807, 2.05) is 24.9 Å². The number of amidine groups is 1. The Morgan fingerprint density at radius 1 is 1.32 bits per heavy atom. The van der Waals surface area contributed by atoms with Crippen molar-refractivity contribution in [2.24, 2.45) is 22.7 Å². The van der Waals surface area contributed by atoms with Crippen molar-refractivity contribution in [1.82, 2.24) is 4.90 Å². The molecular weight excluding hydrogens is 488 g/mol. The number of carbonyl (C=O) groups excluding carboxylic acids is 1. The Balaban J connectivity index is 1.60. The molecule has 0 spiro atoms. The van der Waals surface area contributed by atoms with Crippen molar-refractivity contribution in [1.29, 1.82) is 10.5 Å². The number of nitriles is 2. The lowest BCUT2D eigenvalue weighted by Crippen LogP contribution is -2.56. The number of rotatable bonds is 6. The molecule has 0 amide bonds. The maximum Gasteiger partial charge on any atom is 0.332 e. The van der Waals surface area contributed by atoms with Crippen LogP contribution in [0, 0.1) is 40.5 Å². The first-order valence-corrected chi connectivity index (χ1v) is 14.0. The van der Waals surface area contributed by atoms with E-state index in [1.54, 1.807) is 18.2 Å². The zero-order chi connectivity index (χ0) is 26.7. The summed E-state index contributed by atoms with van der Waals surface area (Å²) in [5, 5.41) is 19.4. The number of hydrogen-bond acceptors (Lipinski definition) is 8. The van der Waals surface area contributed by atoms with Gasteiger partial charge in [-0.15, -0.1) is 4.99 Å². The van der Waals surface area contributed by atoms with E-state index in [2.05, 4.69) is 31.8 Å². The number of fused-ring (bicyclic) bond motifs is 1. The predicted molar refractivity (Wildman–Crippen MR) is 142 cm³/mol. The molecule has 1 aliphatic carbocycles. The smallest absolute Gasteiger partial charge is 0.332 e. The largest absolute Gasteiger partial charge is 0.484 e. The average Bonchev–Trinajstić information content (AvgIpc) is 3.30. The molecule has 4 rings (SSSR count). The topological polar surface area (TPSA) is 108 Å². The van der Waals surface area contributed by atoms with E-state index in [1.165, 1.54) is 18.2 Å². The van der Waals surface area contributed by atoms with Gasteiger partial charge in [-0.2, -0.15) is 10.5 Å². The summed E-state index contributed by atoms with van der Waals surface area (Å²) in [5.74, 6) is 2.42. The number of carbonyl (C=O) groups is 1. The van der Waals surface area contributed by atoms with Crippen LogP contribution in [0.4, 0.5) is 0 Å². The fraction of sp³-hybridized carbons (Fsp3) is 0.643. The number of nitrogens with zero attached hydrogens (tertiary/aromatic N) is 4. The van der Waals surface area contributed by atoms with Crippen molar-refractivity contribution in [3.8, 4) is 18.0 Å². The molecule has 2 fully saturated rings. The third-order valence-electron chi connectivity index (χ3n) is 7.73. The molecule has 3 aliphatic rings. The van der Waals surface area contributed by atoms with Crippen molar-refractivity contribution in [3.63, 3.8) is 0 Å². The van der Waals surface area contributed by atoms with E-state index in [4.69, 9.17) is 14.2 Å². The molecule has 2 heterocycles. The number of hydrogen-bond donors (Lipinski definition) is 0. The number of thioether (sulfide) groups is 1. The minimum atomic E-state index is -0.869. The quantitative estimate of drug-likeness (QED) is 0.376. The third-order valence-corrected chi connectivity index (χ3v) is 8.70. The van der Waals surface area contributed by atoms with Crippen LogP contribution in [0.3, 0.4) is 0 Å². The third kappa shape index (κ3) is 5.89. The molecule has 0 bridgehead atoms.